The molecule has 0 aliphatic heterocycles. The molecule has 7 heteroatoms. The van der Waals surface area contributed by atoms with E-state index >= 15 is 0 Å². The van der Waals surface area contributed by atoms with Crippen molar-refractivity contribution < 1.29 is 14.7 Å². The molecule has 7 nitrogen and oxygen atoms in total. The van der Waals surface area contributed by atoms with Crippen LogP contribution in [-0.4, -0.2) is 61.2 Å². The van der Waals surface area contributed by atoms with Gasteiger partial charge in [0.25, 0.3) is 0 Å². The van der Waals surface area contributed by atoms with Crippen LogP contribution < -0.4 is 16.8 Å². The molecular formula is C10H22N4O3. The van der Waals surface area contributed by atoms with Crippen molar-refractivity contribution in [3.63, 3.8) is 0 Å². The normalized spacial score (nSPS) is 10.5. The van der Waals surface area contributed by atoms with Gasteiger partial charge in [0.05, 0.1) is 6.54 Å². The van der Waals surface area contributed by atoms with Crippen molar-refractivity contribution >= 4 is 11.9 Å². The minimum Gasteiger partial charge on any atom is -0.480 e. The number of carbonyl (C=O) groups is 2. The number of hydrogen-bond donors (Lipinski definition) is 4. The van der Waals surface area contributed by atoms with E-state index in [0.717, 1.165) is 25.9 Å². The quantitative estimate of drug-likeness (QED) is 0.360. The van der Waals surface area contributed by atoms with Gasteiger partial charge in [-0.05, 0) is 39.0 Å². The molecule has 0 radical (unpaired) electrons. The predicted octanol–water partition coefficient (Wildman–Crippen LogP) is -1.81. The second-order valence-electron chi connectivity index (χ2n) is 3.73. The lowest BCUT2D eigenvalue weighted by atomic mass is 10.3. The summed E-state index contributed by atoms with van der Waals surface area (Å²) in [6.07, 6.45) is 1.60. The maximum Gasteiger partial charge on any atom is 0.322 e. The summed E-state index contributed by atoms with van der Waals surface area (Å²) in [5.74, 6) is -1.34. The Morgan fingerprint density at radius 1 is 1.12 bits per heavy atom. The molecule has 0 aliphatic rings. The van der Waals surface area contributed by atoms with Gasteiger partial charge in [-0.1, -0.05) is 0 Å². The Kier molecular flexibility index (Phi) is 9.31. The second kappa shape index (κ2) is 10.0. The fraction of sp³-hybridized carbons (Fsp3) is 0.800. The minimum atomic E-state index is -1.05. The van der Waals surface area contributed by atoms with Crippen LogP contribution in [0.25, 0.3) is 0 Å². The maximum atomic E-state index is 11.4. The Hall–Kier alpha value is -1.18. The van der Waals surface area contributed by atoms with Gasteiger partial charge in [-0.2, -0.15) is 0 Å². The van der Waals surface area contributed by atoms with Gasteiger partial charge >= 0.3 is 5.97 Å². The molecule has 0 saturated carbocycles. The summed E-state index contributed by atoms with van der Waals surface area (Å²) in [5.41, 5.74) is 10.8. The molecule has 0 rings (SSSR count). The predicted molar refractivity (Wildman–Crippen MR) is 64.4 cm³/mol. The van der Waals surface area contributed by atoms with E-state index < -0.39 is 5.97 Å². The first kappa shape index (κ1) is 15.8. The highest BCUT2D eigenvalue weighted by molar-refractivity contribution is 5.82. The average Bonchev–Trinajstić information content (AvgIpc) is 2.30. The lowest BCUT2D eigenvalue weighted by molar-refractivity contribution is -0.138. The van der Waals surface area contributed by atoms with E-state index in [4.69, 9.17) is 16.6 Å². The molecule has 0 aromatic rings. The van der Waals surface area contributed by atoms with E-state index in [0.29, 0.717) is 13.1 Å². The molecular weight excluding hydrogens is 224 g/mol. The zero-order valence-corrected chi connectivity index (χ0v) is 10.0. The number of nitrogens with zero attached hydrogens (tertiary/aromatic N) is 1. The minimum absolute atomic E-state index is 0.188. The van der Waals surface area contributed by atoms with Crippen LogP contribution >= 0.6 is 0 Å². The molecule has 0 unspecified atom stereocenters. The topological polar surface area (TPSA) is 122 Å². The summed E-state index contributed by atoms with van der Waals surface area (Å²) < 4.78 is 0. The number of rotatable bonds is 10. The fourth-order valence-electron chi connectivity index (χ4n) is 1.33. The van der Waals surface area contributed by atoms with Gasteiger partial charge in [-0.3, -0.25) is 14.5 Å². The number of hydrogen-bond acceptors (Lipinski definition) is 5. The standard InChI is InChI=1S/C10H22N4O3/c11-3-1-5-14(6-2-4-12)8-9(15)13-7-10(16)17/h1-8,11-12H2,(H,13,15)(H,16,17). The Labute approximate surface area is 101 Å². The first-order chi connectivity index (χ1) is 8.10. The second-order valence-corrected chi connectivity index (χ2v) is 3.73. The van der Waals surface area contributed by atoms with Crippen LogP contribution in [0.1, 0.15) is 12.8 Å². The highest BCUT2D eigenvalue weighted by atomic mass is 16.4. The fourth-order valence-corrected chi connectivity index (χ4v) is 1.33. The number of aliphatic carboxylic acids is 1. The molecule has 100 valence electrons. The summed E-state index contributed by atoms with van der Waals surface area (Å²) in [5, 5.41) is 10.7. The van der Waals surface area contributed by atoms with Gasteiger partial charge in [-0.25, -0.2) is 0 Å². The monoisotopic (exact) mass is 246 g/mol. The average molecular weight is 246 g/mol. The molecule has 0 aromatic heterocycles. The summed E-state index contributed by atoms with van der Waals surface area (Å²) in [6, 6.07) is 0. The van der Waals surface area contributed by atoms with E-state index in [9.17, 15) is 9.59 Å². The molecule has 0 fully saturated rings. The van der Waals surface area contributed by atoms with Crippen molar-refractivity contribution in [3.8, 4) is 0 Å². The zero-order valence-electron chi connectivity index (χ0n) is 10.0. The number of carbonyl (C=O) groups excluding carboxylic acids is 1. The van der Waals surface area contributed by atoms with Gasteiger partial charge < -0.3 is 21.9 Å². The van der Waals surface area contributed by atoms with E-state index in [1.165, 1.54) is 0 Å². The SMILES string of the molecule is NCCCN(CCCN)CC(=O)NCC(=O)O. The molecule has 1 amide bonds. The number of nitrogens with one attached hydrogen (secondary N) is 1. The zero-order chi connectivity index (χ0) is 13.1. The summed E-state index contributed by atoms with van der Waals surface area (Å²) in [4.78, 5) is 23.6. The van der Waals surface area contributed by atoms with Crippen LogP contribution in [-0.2, 0) is 9.59 Å². The summed E-state index contributed by atoms with van der Waals surface area (Å²) in [6.45, 7) is 2.41. The van der Waals surface area contributed by atoms with E-state index in [-0.39, 0.29) is 19.0 Å². The van der Waals surface area contributed by atoms with Gasteiger partial charge in [0.15, 0.2) is 0 Å². The van der Waals surface area contributed by atoms with E-state index in [1.54, 1.807) is 0 Å². The molecule has 0 atom stereocenters. The molecule has 6 N–H and O–H groups in total. The molecule has 0 spiro atoms. The van der Waals surface area contributed by atoms with Crippen LogP contribution in [0.2, 0.25) is 0 Å². The van der Waals surface area contributed by atoms with Crippen LogP contribution in [0.15, 0.2) is 0 Å². The largest absolute Gasteiger partial charge is 0.480 e. The Morgan fingerprint density at radius 3 is 2.06 bits per heavy atom. The highest BCUT2D eigenvalue weighted by Gasteiger charge is 2.10. The summed E-state index contributed by atoms with van der Waals surface area (Å²) >= 11 is 0. The number of carboxylic acid groups (broad SMARTS) is 1. The van der Waals surface area contributed by atoms with Crippen molar-refractivity contribution in [1.82, 2.24) is 10.2 Å². The Balaban J connectivity index is 3.93. The van der Waals surface area contributed by atoms with E-state index in [1.807, 2.05) is 4.90 Å². The van der Waals surface area contributed by atoms with Crippen molar-refractivity contribution in [2.45, 2.75) is 12.8 Å². The highest BCUT2D eigenvalue weighted by Crippen LogP contribution is 1.93. The van der Waals surface area contributed by atoms with Crippen molar-refractivity contribution in [2.75, 3.05) is 39.3 Å². The molecule has 0 saturated heterocycles. The van der Waals surface area contributed by atoms with Crippen molar-refractivity contribution in [2.24, 2.45) is 11.5 Å². The van der Waals surface area contributed by atoms with Crippen molar-refractivity contribution in [1.29, 1.82) is 0 Å². The molecule has 0 bridgehead atoms. The first-order valence-corrected chi connectivity index (χ1v) is 5.71. The lowest BCUT2D eigenvalue weighted by Gasteiger charge is -2.20. The molecule has 17 heavy (non-hydrogen) atoms. The van der Waals surface area contributed by atoms with E-state index in [2.05, 4.69) is 5.32 Å². The third-order valence-corrected chi connectivity index (χ3v) is 2.16. The Morgan fingerprint density at radius 2 is 1.65 bits per heavy atom. The lowest BCUT2D eigenvalue weighted by Crippen LogP contribution is -2.40. The molecule has 0 heterocycles. The maximum absolute atomic E-state index is 11.4. The molecule has 0 aromatic carbocycles. The smallest absolute Gasteiger partial charge is 0.322 e. The molecule has 0 aliphatic carbocycles. The van der Waals surface area contributed by atoms with Gasteiger partial charge in [0, 0.05) is 0 Å². The van der Waals surface area contributed by atoms with Gasteiger partial charge in [0.1, 0.15) is 6.54 Å². The van der Waals surface area contributed by atoms with Gasteiger partial charge in [-0.15, -0.1) is 0 Å². The number of amides is 1. The van der Waals surface area contributed by atoms with Crippen molar-refractivity contribution in [3.05, 3.63) is 0 Å². The van der Waals surface area contributed by atoms with Crippen LogP contribution in [0.5, 0.6) is 0 Å². The first-order valence-electron chi connectivity index (χ1n) is 5.71. The number of carboxylic acids is 1. The van der Waals surface area contributed by atoms with Crippen LogP contribution in [0, 0.1) is 0 Å². The van der Waals surface area contributed by atoms with Crippen LogP contribution in [0.3, 0.4) is 0 Å². The Bertz CT molecular complexity index is 228. The summed E-state index contributed by atoms with van der Waals surface area (Å²) in [7, 11) is 0. The third kappa shape index (κ3) is 9.73. The van der Waals surface area contributed by atoms with Crippen LogP contribution in [0.4, 0.5) is 0 Å². The number of nitrogens with two attached hydrogens (primary N) is 2. The van der Waals surface area contributed by atoms with Gasteiger partial charge in [0.2, 0.25) is 5.91 Å². The third-order valence-electron chi connectivity index (χ3n) is 2.16.